The van der Waals surface area contributed by atoms with Crippen LogP contribution in [0.1, 0.15) is 18.4 Å². The molecule has 3 N–H and O–H groups in total. The second-order valence-electron chi connectivity index (χ2n) is 5.82. The van der Waals surface area contributed by atoms with Crippen molar-refractivity contribution in [1.29, 1.82) is 0 Å². The maximum absolute atomic E-state index is 12.0. The molecular formula is C17H25N3O3. The molecule has 1 aliphatic rings. The van der Waals surface area contributed by atoms with Crippen molar-refractivity contribution in [2.24, 2.45) is 11.7 Å². The zero-order valence-electron chi connectivity index (χ0n) is 13.6. The molecule has 1 heterocycles. The lowest BCUT2D eigenvalue weighted by atomic mass is 9.90. The average Bonchev–Trinajstić information content (AvgIpc) is 2.60. The van der Waals surface area contributed by atoms with E-state index in [0.29, 0.717) is 5.92 Å². The average molecular weight is 319 g/mol. The van der Waals surface area contributed by atoms with Gasteiger partial charge >= 0.3 is 0 Å². The van der Waals surface area contributed by atoms with E-state index in [2.05, 4.69) is 11.4 Å². The molecule has 2 amide bonds. The van der Waals surface area contributed by atoms with E-state index in [1.807, 2.05) is 23.1 Å². The molecule has 0 unspecified atom stereocenters. The lowest BCUT2D eigenvalue weighted by Crippen LogP contribution is -2.45. The van der Waals surface area contributed by atoms with Gasteiger partial charge in [-0.15, -0.1) is 0 Å². The number of piperidine rings is 1. The summed E-state index contributed by atoms with van der Waals surface area (Å²) in [5.74, 6) is 1.14. The van der Waals surface area contributed by atoms with Crippen molar-refractivity contribution < 1.29 is 14.3 Å². The second kappa shape index (κ2) is 8.53. The number of rotatable bonds is 6. The largest absolute Gasteiger partial charge is 0.496 e. The minimum absolute atomic E-state index is 0.0349. The van der Waals surface area contributed by atoms with Crippen LogP contribution >= 0.6 is 0 Å². The fourth-order valence-corrected chi connectivity index (χ4v) is 2.93. The van der Waals surface area contributed by atoms with Crippen LogP contribution in [0.15, 0.2) is 24.3 Å². The van der Waals surface area contributed by atoms with E-state index in [1.165, 1.54) is 5.56 Å². The van der Waals surface area contributed by atoms with Crippen LogP contribution in [0.25, 0.3) is 0 Å². The minimum Gasteiger partial charge on any atom is -0.496 e. The Bertz CT molecular complexity index is 540. The Morgan fingerprint density at radius 2 is 2.00 bits per heavy atom. The summed E-state index contributed by atoms with van der Waals surface area (Å²) in [6.45, 7) is 1.41. The van der Waals surface area contributed by atoms with Gasteiger partial charge in [0.15, 0.2) is 0 Å². The molecule has 1 aromatic rings. The number of amides is 2. The molecule has 1 fully saturated rings. The monoisotopic (exact) mass is 319 g/mol. The summed E-state index contributed by atoms with van der Waals surface area (Å²) >= 11 is 0. The van der Waals surface area contributed by atoms with Crippen LogP contribution in [0, 0.1) is 5.92 Å². The number of benzene rings is 1. The molecule has 23 heavy (non-hydrogen) atoms. The SMILES string of the molecule is COc1ccccc1CC1CCN(C(=O)CNC(=O)CN)CC1. The fourth-order valence-electron chi connectivity index (χ4n) is 2.93. The van der Waals surface area contributed by atoms with Crippen molar-refractivity contribution in [2.45, 2.75) is 19.3 Å². The summed E-state index contributed by atoms with van der Waals surface area (Å²) in [5.41, 5.74) is 6.42. The van der Waals surface area contributed by atoms with E-state index in [0.717, 1.165) is 38.1 Å². The summed E-state index contributed by atoms with van der Waals surface area (Å²) < 4.78 is 5.40. The molecule has 0 aromatic heterocycles. The van der Waals surface area contributed by atoms with E-state index >= 15 is 0 Å². The number of hydrogen-bond donors (Lipinski definition) is 2. The first-order valence-electron chi connectivity index (χ1n) is 8.00. The zero-order valence-corrected chi connectivity index (χ0v) is 13.6. The van der Waals surface area contributed by atoms with Gasteiger partial charge in [-0.25, -0.2) is 0 Å². The van der Waals surface area contributed by atoms with Crippen molar-refractivity contribution in [2.75, 3.05) is 33.3 Å². The highest BCUT2D eigenvalue weighted by Gasteiger charge is 2.23. The predicted octanol–water partition coefficient (Wildman–Crippen LogP) is 0.551. The molecule has 0 bridgehead atoms. The normalized spacial score (nSPS) is 15.3. The van der Waals surface area contributed by atoms with Gasteiger partial charge < -0.3 is 20.7 Å². The highest BCUT2D eigenvalue weighted by molar-refractivity contribution is 5.85. The summed E-state index contributed by atoms with van der Waals surface area (Å²) in [6.07, 6.45) is 2.90. The number of ether oxygens (including phenoxy) is 1. The van der Waals surface area contributed by atoms with Crippen molar-refractivity contribution in [3.8, 4) is 5.75 Å². The third kappa shape index (κ3) is 4.96. The highest BCUT2D eigenvalue weighted by Crippen LogP contribution is 2.26. The smallest absolute Gasteiger partial charge is 0.241 e. The van der Waals surface area contributed by atoms with E-state index < -0.39 is 0 Å². The Morgan fingerprint density at radius 1 is 1.30 bits per heavy atom. The molecule has 0 atom stereocenters. The maximum atomic E-state index is 12.0. The number of nitrogens with two attached hydrogens (primary N) is 1. The lowest BCUT2D eigenvalue weighted by molar-refractivity contribution is -0.133. The third-order valence-corrected chi connectivity index (χ3v) is 4.29. The molecule has 0 aliphatic carbocycles. The van der Waals surface area contributed by atoms with E-state index in [9.17, 15) is 9.59 Å². The first-order chi connectivity index (χ1) is 11.1. The Labute approximate surface area is 137 Å². The van der Waals surface area contributed by atoms with Gasteiger partial charge in [0.2, 0.25) is 11.8 Å². The van der Waals surface area contributed by atoms with Crippen molar-refractivity contribution in [3.63, 3.8) is 0 Å². The number of methoxy groups -OCH3 is 1. The maximum Gasteiger partial charge on any atom is 0.241 e. The Kier molecular flexibility index (Phi) is 6.40. The summed E-state index contributed by atoms with van der Waals surface area (Å²) in [5, 5.41) is 2.52. The van der Waals surface area contributed by atoms with E-state index in [4.69, 9.17) is 10.5 Å². The molecule has 2 rings (SSSR count). The highest BCUT2D eigenvalue weighted by atomic mass is 16.5. The summed E-state index contributed by atoms with van der Waals surface area (Å²) in [4.78, 5) is 24.9. The molecule has 1 saturated heterocycles. The Hall–Kier alpha value is -2.08. The molecule has 6 nitrogen and oxygen atoms in total. The van der Waals surface area contributed by atoms with Gasteiger partial charge in [0.05, 0.1) is 20.2 Å². The number of hydrogen-bond acceptors (Lipinski definition) is 4. The Balaban J connectivity index is 1.79. The van der Waals surface area contributed by atoms with E-state index in [-0.39, 0.29) is 24.9 Å². The number of likely N-dealkylation sites (tertiary alicyclic amines) is 1. The minimum atomic E-state index is -0.301. The van der Waals surface area contributed by atoms with Gasteiger partial charge in [0.1, 0.15) is 5.75 Å². The van der Waals surface area contributed by atoms with Gasteiger partial charge in [0, 0.05) is 13.1 Å². The van der Waals surface area contributed by atoms with Crippen LogP contribution in [0.4, 0.5) is 0 Å². The van der Waals surface area contributed by atoms with Gasteiger partial charge in [-0.05, 0) is 36.8 Å². The molecule has 6 heteroatoms. The molecule has 0 spiro atoms. The molecule has 1 aliphatic heterocycles. The zero-order chi connectivity index (χ0) is 16.7. The number of nitrogens with one attached hydrogen (secondary N) is 1. The van der Waals surface area contributed by atoms with Gasteiger partial charge in [-0.1, -0.05) is 18.2 Å². The topological polar surface area (TPSA) is 84.7 Å². The second-order valence-corrected chi connectivity index (χ2v) is 5.82. The molecule has 0 radical (unpaired) electrons. The molecule has 126 valence electrons. The van der Waals surface area contributed by atoms with E-state index in [1.54, 1.807) is 7.11 Å². The number of para-hydroxylation sites is 1. The van der Waals surface area contributed by atoms with Crippen molar-refractivity contribution in [3.05, 3.63) is 29.8 Å². The summed E-state index contributed by atoms with van der Waals surface area (Å²) in [7, 11) is 1.69. The number of carbonyl (C=O) groups excluding carboxylic acids is 2. The fraction of sp³-hybridized carbons (Fsp3) is 0.529. The first kappa shape index (κ1) is 17.3. The van der Waals surface area contributed by atoms with Gasteiger partial charge in [-0.2, -0.15) is 0 Å². The Morgan fingerprint density at radius 3 is 2.65 bits per heavy atom. The molecule has 0 saturated carbocycles. The van der Waals surface area contributed by atoms with Gasteiger partial charge in [0.25, 0.3) is 0 Å². The standard InChI is InChI=1S/C17H25N3O3/c1-23-15-5-3-2-4-14(15)10-13-6-8-20(9-7-13)17(22)12-19-16(21)11-18/h2-5,13H,6-12,18H2,1H3,(H,19,21). The third-order valence-electron chi connectivity index (χ3n) is 4.29. The molecular weight excluding hydrogens is 294 g/mol. The van der Waals surface area contributed by atoms with Crippen LogP contribution in [0.5, 0.6) is 5.75 Å². The van der Waals surface area contributed by atoms with Crippen LogP contribution in [0.3, 0.4) is 0 Å². The first-order valence-corrected chi connectivity index (χ1v) is 8.00. The van der Waals surface area contributed by atoms with Crippen LogP contribution in [-0.4, -0.2) is 50.0 Å². The predicted molar refractivity (Wildman–Crippen MR) is 88.1 cm³/mol. The van der Waals surface area contributed by atoms with Crippen LogP contribution in [-0.2, 0) is 16.0 Å². The quantitative estimate of drug-likeness (QED) is 0.802. The lowest BCUT2D eigenvalue weighted by Gasteiger charge is -2.32. The molecule has 1 aromatic carbocycles. The van der Waals surface area contributed by atoms with Crippen molar-refractivity contribution >= 4 is 11.8 Å². The number of nitrogens with zero attached hydrogens (tertiary/aromatic N) is 1. The van der Waals surface area contributed by atoms with Crippen LogP contribution < -0.4 is 15.8 Å². The van der Waals surface area contributed by atoms with Gasteiger partial charge in [-0.3, -0.25) is 9.59 Å². The van der Waals surface area contributed by atoms with Crippen LogP contribution in [0.2, 0.25) is 0 Å². The summed E-state index contributed by atoms with van der Waals surface area (Å²) in [6, 6.07) is 8.07. The van der Waals surface area contributed by atoms with Crippen molar-refractivity contribution in [1.82, 2.24) is 10.2 Å². The number of carbonyl (C=O) groups is 2.